The first-order valence-corrected chi connectivity index (χ1v) is 8.88. The van der Waals surface area contributed by atoms with Crippen molar-refractivity contribution in [1.29, 1.82) is 5.26 Å². The highest BCUT2D eigenvalue weighted by Crippen LogP contribution is 2.20. The first-order valence-electron chi connectivity index (χ1n) is 6.56. The summed E-state index contributed by atoms with van der Waals surface area (Å²) in [5.74, 6) is 0. The lowest BCUT2D eigenvalue weighted by molar-refractivity contribution is 0.426. The summed E-state index contributed by atoms with van der Waals surface area (Å²) in [6, 6.07) is 12.4. The van der Waals surface area contributed by atoms with E-state index in [0.717, 1.165) is 10.4 Å². The SMILES string of the molecule is CCN(Cc1cccs1)S(=O)(=O)c1ccc(CC#N)cc1. The van der Waals surface area contributed by atoms with Crippen molar-refractivity contribution < 1.29 is 8.42 Å². The number of benzene rings is 1. The van der Waals surface area contributed by atoms with Crippen molar-refractivity contribution in [3.63, 3.8) is 0 Å². The Hall–Kier alpha value is -1.68. The van der Waals surface area contributed by atoms with Crippen molar-refractivity contribution in [2.75, 3.05) is 6.54 Å². The Morgan fingerprint density at radius 2 is 1.95 bits per heavy atom. The van der Waals surface area contributed by atoms with Crippen LogP contribution in [0.5, 0.6) is 0 Å². The van der Waals surface area contributed by atoms with Gasteiger partial charge in [-0.2, -0.15) is 9.57 Å². The summed E-state index contributed by atoms with van der Waals surface area (Å²) in [6.07, 6.45) is 0.285. The average molecular weight is 320 g/mol. The van der Waals surface area contributed by atoms with Crippen LogP contribution in [0.25, 0.3) is 0 Å². The smallest absolute Gasteiger partial charge is 0.207 e. The van der Waals surface area contributed by atoms with E-state index in [1.54, 1.807) is 35.6 Å². The van der Waals surface area contributed by atoms with Crippen LogP contribution in [0.1, 0.15) is 17.4 Å². The van der Waals surface area contributed by atoms with Crippen LogP contribution in [0, 0.1) is 11.3 Å². The van der Waals surface area contributed by atoms with Crippen molar-refractivity contribution in [3.8, 4) is 6.07 Å². The van der Waals surface area contributed by atoms with Crippen molar-refractivity contribution >= 4 is 21.4 Å². The van der Waals surface area contributed by atoms with Gasteiger partial charge >= 0.3 is 0 Å². The molecule has 0 unspecified atom stereocenters. The molecule has 1 aromatic heterocycles. The Kier molecular flexibility index (Phi) is 5.12. The Morgan fingerprint density at radius 1 is 1.24 bits per heavy atom. The molecule has 21 heavy (non-hydrogen) atoms. The maximum atomic E-state index is 12.6. The summed E-state index contributed by atoms with van der Waals surface area (Å²) in [7, 11) is -3.50. The van der Waals surface area contributed by atoms with Crippen molar-refractivity contribution in [3.05, 3.63) is 52.2 Å². The van der Waals surface area contributed by atoms with Crippen molar-refractivity contribution in [1.82, 2.24) is 4.31 Å². The highest BCUT2D eigenvalue weighted by Gasteiger charge is 2.23. The molecule has 0 bridgehead atoms. The summed E-state index contributed by atoms with van der Waals surface area (Å²) in [5.41, 5.74) is 0.817. The van der Waals surface area contributed by atoms with Gasteiger partial charge in [0.15, 0.2) is 0 Å². The number of nitriles is 1. The quantitative estimate of drug-likeness (QED) is 0.822. The van der Waals surface area contributed by atoms with Crippen LogP contribution in [-0.4, -0.2) is 19.3 Å². The van der Waals surface area contributed by atoms with Gasteiger partial charge in [-0.25, -0.2) is 8.42 Å². The molecule has 110 valence electrons. The molecule has 0 aliphatic carbocycles. The molecular formula is C15H16N2O2S2. The van der Waals surface area contributed by atoms with Gasteiger partial charge in [0.05, 0.1) is 17.4 Å². The van der Waals surface area contributed by atoms with Crippen LogP contribution in [0.15, 0.2) is 46.7 Å². The van der Waals surface area contributed by atoms with E-state index >= 15 is 0 Å². The number of sulfonamides is 1. The molecule has 2 aromatic rings. The summed E-state index contributed by atoms with van der Waals surface area (Å²) in [6.45, 7) is 2.63. The molecule has 0 atom stereocenters. The minimum absolute atomic E-state index is 0.266. The Bertz CT molecular complexity index is 714. The summed E-state index contributed by atoms with van der Waals surface area (Å²) < 4.78 is 26.7. The fraction of sp³-hybridized carbons (Fsp3) is 0.267. The third-order valence-electron chi connectivity index (χ3n) is 3.11. The zero-order valence-corrected chi connectivity index (χ0v) is 13.3. The second kappa shape index (κ2) is 6.85. The highest BCUT2D eigenvalue weighted by atomic mass is 32.2. The van der Waals surface area contributed by atoms with Gasteiger partial charge in [-0.05, 0) is 29.1 Å². The molecule has 0 aliphatic rings. The van der Waals surface area contributed by atoms with Crippen LogP contribution in [0.2, 0.25) is 0 Å². The number of nitrogens with zero attached hydrogens (tertiary/aromatic N) is 2. The Morgan fingerprint density at radius 3 is 2.48 bits per heavy atom. The molecule has 1 heterocycles. The monoisotopic (exact) mass is 320 g/mol. The van der Waals surface area contributed by atoms with Crippen LogP contribution in [-0.2, 0) is 23.0 Å². The molecule has 0 spiro atoms. The lowest BCUT2D eigenvalue weighted by Crippen LogP contribution is -2.30. The molecule has 0 radical (unpaired) electrons. The summed E-state index contributed by atoms with van der Waals surface area (Å²) in [4.78, 5) is 1.28. The number of hydrogen-bond donors (Lipinski definition) is 0. The van der Waals surface area contributed by atoms with Crippen LogP contribution >= 0.6 is 11.3 Å². The topological polar surface area (TPSA) is 61.2 Å². The zero-order chi connectivity index (χ0) is 15.3. The van der Waals surface area contributed by atoms with Gasteiger partial charge in [0.1, 0.15) is 0 Å². The minimum Gasteiger partial charge on any atom is -0.207 e. The molecule has 2 rings (SSSR count). The van der Waals surface area contributed by atoms with Crippen molar-refractivity contribution in [2.24, 2.45) is 0 Å². The van der Waals surface area contributed by atoms with Gasteiger partial charge in [0.2, 0.25) is 10.0 Å². The fourth-order valence-electron chi connectivity index (χ4n) is 1.96. The Balaban J connectivity index is 2.24. The molecule has 0 saturated carbocycles. The fourth-order valence-corrected chi connectivity index (χ4v) is 4.19. The second-order valence-corrected chi connectivity index (χ2v) is 7.46. The van der Waals surface area contributed by atoms with Crippen molar-refractivity contribution in [2.45, 2.75) is 24.8 Å². The first kappa shape index (κ1) is 15.7. The summed E-state index contributed by atoms with van der Waals surface area (Å²) in [5, 5.41) is 10.6. The second-order valence-electron chi connectivity index (χ2n) is 4.49. The van der Waals surface area contributed by atoms with Crippen LogP contribution in [0.3, 0.4) is 0 Å². The molecule has 0 amide bonds. The Labute approximate surface area is 129 Å². The van der Waals surface area contributed by atoms with Crippen LogP contribution < -0.4 is 0 Å². The molecular weight excluding hydrogens is 304 g/mol. The van der Waals surface area contributed by atoms with E-state index in [9.17, 15) is 8.42 Å². The highest BCUT2D eigenvalue weighted by molar-refractivity contribution is 7.89. The molecule has 1 aromatic carbocycles. The van der Waals surface area contributed by atoms with E-state index in [2.05, 4.69) is 0 Å². The predicted octanol–water partition coefficient (Wildman–Crippen LogP) is 3.02. The molecule has 4 nitrogen and oxygen atoms in total. The van der Waals surface area contributed by atoms with Gasteiger partial charge in [-0.15, -0.1) is 11.3 Å². The molecule has 0 fully saturated rings. The van der Waals surface area contributed by atoms with E-state index in [4.69, 9.17) is 5.26 Å². The number of hydrogen-bond acceptors (Lipinski definition) is 4. The van der Waals surface area contributed by atoms with Gasteiger partial charge in [-0.3, -0.25) is 0 Å². The lowest BCUT2D eigenvalue weighted by Gasteiger charge is -2.20. The lowest BCUT2D eigenvalue weighted by atomic mass is 10.2. The molecule has 0 aliphatic heterocycles. The largest absolute Gasteiger partial charge is 0.243 e. The molecule has 6 heteroatoms. The van der Waals surface area contributed by atoms with Gasteiger partial charge in [-0.1, -0.05) is 25.1 Å². The third-order valence-corrected chi connectivity index (χ3v) is 5.91. The summed E-state index contributed by atoms with van der Waals surface area (Å²) >= 11 is 1.54. The maximum Gasteiger partial charge on any atom is 0.243 e. The number of thiophene rings is 1. The number of rotatable bonds is 6. The molecule has 0 N–H and O–H groups in total. The minimum atomic E-state index is -3.50. The first-order chi connectivity index (χ1) is 10.1. The van der Waals surface area contributed by atoms with E-state index < -0.39 is 10.0 Å². The standard InChI is InChI=1S/C15H16N2O2S2/c1-2-17(12-14-4-3-11-20-14)21(18,19)15-7-5-13(6-8-15)9-10-16/h3-8,11H,2,9,12H2,1H3. The average Bonchev–Trinajstić information content (AvgIpc) is 2.98. The third kappa shape index (κ3) is 3.70. The molecule has 0 saturated heterocycles. The normalized spacial score (nSPS) is 11.5. The van der Waals surface area contributed by atoms with Gasteiger partial charge in [0, 0.05) is 18.0 Å². The van der Waals surface area contributed by atoms with E-state index in [-0.39, 0.29) is 11.3 Å². The van der Waals surface area contributed by atoms with E-state index in [1.165, 1.54) is 4.31 Å². The zero-order valence-electron chi connectivity index (χ0n) is 11.7. The maximum absolute atomic E-state index is 12.6. The van der Waals surface area contributed by atoms with E-state index in [0.29, 0.717) is 13.1 Å². The van der Waals surface area contributed by atoms with Gasteiger partial charge < -0.3 is 0 Å². The van der Waals surface area contributed by atoms with E-state index in [1.807, 2.05) is 30.5 Å². The van der Waals surface area contributed by atoms with Gasteiger partial charge in [0.25, 0.3) is 0 Å². The van der Waals surface area contributed by atoms with Crippen LogP contribution in [0.4, 0.5) is 0 Å². The predicted molar refractivity (Wildman–Crippen MR) is 83.3 cm³/mol.